The Balaban J connectivity index is 2.36. The van der Waals surface area contributed by atoms with Crippen LogP contribution in [0.25, 0.3) is 0 Å². The molecule has 0 unspecified atom stereocenters. The van der Waals surface area contributed by atoms with Crippen molar-refractivity contribution < 1.29 is 0 Å². The summed E-state index contributed by atoms with van der Waals surface area (Å²) < 4.78 is 0. The van der Waals surface area contributed by atoms with Gasteiger partial charge < -0.3 is 9.88 Å². The van der Waals surface area contributed by atoms with Gasteiger partial charge in [0.2, 0.25) is 5.56 Å². The van der Waals surface area contributed by atoms with Crippen LogP contribution in [0.4, 0.5) is 10.8 Å². The van der Waals surface area contributed by atoms with E-state index >= 15 is 0 Å². The van der Waals surface area contributed by atoms with Crippen LogP contribution < -0.4 is 10.5 Å². The van der Waals surface area contributed by atoms with Crippen molar-refractivity contribution in [1.29, 1.82) is 0 Å². The zero-order valence-electron chi connectivity index (χ0n) is 7.73. The molecule has 0 saturated heterocycles. The van der Waals surface area contributed by atoms with Crippen molar-refractivity contribution in [3.05, 3.63) is 46.1 Å². The number of thiophene rings is 1. The summed E-state index contributed by atoms with van der Waals surface area (Å²) in [6.45, 7) is 0. The fraction of sp³-hybridized carbons (Fsp3) is 0.100. The molecular weight excluding hydrogens is 196 g/mol. The molecule has 0 aliphatic carbocycles. The Kier molecular flexibility index (Phi) is 2.37. The molecule has 0 radical (unpaired) electrons. The molecule has 0 saturated carbocycles. The molecular formula is C10H10N2OS. The van der Waals surface area contributed by atoms with Crippen LogP contribution in [-0.4, -0.2) is 12.0 Å². The molecule has 2 heterocycles. The Labute approximate surface area is 85.6 Å². The summed E-state index contributed by atoms with van der Waals surface area (Å²) >= 11 is 1.64. The van der Waals surface area contributed by atoms with Gasteiger partial charge in [0.05, 0.1) is 5.00 Å². The maximum atomic E-state index is 11.1. The molecule has 0 spiro atoms. The maximum Gasteiger partial charge on any atom is 0.249 e. The average Bonchev–Trinajstić information content (AvgIpc) is 2.69. The molecule has 2 aromatic rings. The minimum atomic E-state index is -0.0779. The van der Waals surface area contributed by atoms with Crippen molar-refractivity contribution in [1.82, 2.24) is 4.98 Å². The summed E-state index contributed by atoms with van der Waals surface area (Å²) in [5.41, 5.74) is -0.0779. The molecule has 0 aromatic carbocycles. The number of aromatic amines is 1. The second-order valence-corrected chi connectivity index (χ2v) is 3.84. The molecule has 4 heteroatoms. The van der Waals surface area contributed by atoms with E-state index < -0.39 is 0 Å². The third-order valence-electron chi connectivity index (χ3n) is 1.95. The van der Waals surface area contributed by atoms with Gasteiger partial charge in [-0.25, -0.2) is 0 Å². The molecule has 0 amide bonds. The maximum absolute atomic E-state index is 11.1. The highest BCUT2D eigenvalue weighted by Crippen LogP contribution is 2.25. The zero-order valence-corrected chi connectivity index (χ0v) is 8.54. The van der Waals surface area contributed by atoms with Crippen molar-refractivity contribution in [2.24, 2.45) is 0 Å². The summed E-state index contributed by atoms with van der Waals surface area (Å²) in [6.07, 6.45) is 0. The fourth-order valence-corrected chi connectivity index (χ4v) is 1.92. The van der Waals surface area contributed by atoms with E-state index in [-0.39, 0.29) is 5.56 Å². The van der Waals surface area contributed by atoms with Crippen LogP contribution in [0.5, 0.6) is 0 Å². The first kappa shape index (κ1) is 9.02. The van der Waals surface area contributed by atoms with E-state index in [1.165, 1.54) is 6.07 Å². The highest BCUT2D eigenvalue weighted by molar-refractivity contribution is 7.14. The van der Waals surface area contributed by atoms with Gasteiger partial charge in [0.1, 0.15) is 5.82 Å². The summed E-state index contributed by atoms with van der Waals surface area (Å²) in [6, 6.07) is 9.12. The summed E-state index contributed by atoms with van der Waals surface area (Å²) in [7, 11) is 1.93. The average molecular weight is 206 g/mol. The predicted octanol–water partition coefficient (Wildman–Crippen LogP) is 2.20. The number of aromatic nitrogens is 1. The Hall–Kier alpha value is -1.55. The standard InChI is InChI=1S/C10H10N2OS/c1-12(10-6-3-7-14-10)8-4-2-5-9(13)11-8/h2-7H,1H3,(H,11,13). The van der Waals surface area contributed by atoms with E-state index in [4.69, 9.17) is 0 Å². The highest BCUT2D eigenvalue weighted by Gasteiger charge is 2.04. The van der Waals surface area contributed by atoms with Crippen LogP contribution in [0.3, 0.4) is 0 Å². The smallest absolute Gasteiger partial charge is 0.249 e. The summed E-state index contributed by atoms with van der Waals surface area (Å²) in [5, 5.41) is 3.11. The van der Waals surface area contributed by atoms with E-state index in [2.05, 4.69) is 4.98 Å². The monoisotopic (exact) mass is 206 g/mol. The number of H-pyrrole nitrogens is 1. The van der Waals surface area contributed by atoms with Crippen LogP contribution in [0, 0.1) is 0 Å². The van der Waals surface area contributed by atoms with Crippen LogP contribution in [0.2, 0.25) is 0 Å². The third-order valence-corrected chi connectivity index (χ3v) is 2.90. The highest BCUT2D eigenvalue weighted by atomic mass is 32.1. The van der Waals surface area contributed by atoms with Gasteiger partial charge in [-0.05, 0) is 23.6 Å². The van der Waals surface area contributed by atoms with Crippen LogP contribution in [0.1, 0.15) is 0 Å². The number of hydrogen-bond donors (Lipinski definition) is 1. The number of rotatable bonds is 2. The van der Waals surface area contributed by atoms with Gasteiger partial charge in [0.25, 0.3) is 0 Å². The van der Waals surface area contributed by atoms with Gasteiger partial charge in [-0.15, -0.1) is 11.3 Å². The van der Waals surface area contributed by atoms with Gasteiger partial charge in [0.15, 0.2) is 0 Å². The number of hydrogen-bond acceptors (Lipinski definition) is 3. The van der Waals surface area contributed by atoms with E-state index in [0.717, 1.165) is 10.8 Å². The number of nitrogens with one attached hydrogen (secondary N) is 1. The van der Waals surface area contributed by atoms with Crippen molar-refractivity contribution in [3.8, 4) is 0 Å². The lowest BCUT2D eigenvalue weighted by Crippen LogP contribution is -2.14. The summed E-state index contributed by atoms with van der Waals surface area (Å²) in [5.74, 6) is 0.806. The van der Waals surface area contributed by atoms with Gasteiger partial charge in [-0.3, -0.25) is 4.79 Å². The quantitative estimate of drug-likeness (QED) is 0.817. The first-order valence-corrected chi connectivity index (χ1v) is 5.12. The SMILES string of the molecule is CN(c1cccc(=O)[nH]1)c1cccs1. The van der Waals surface area contributed by atoms with Crippen molar-refractivity contribution in [2.45, 2.75) is 0 Å². The molecule has 1 N–H and O–H groups in total. The largest absolute Gasteiger partial charge is 0.323 e. The molecule has 0 fully saturated rings. The Morgan fingerprint density at radius 1 is 1.29 bits per heavy atom. The lowest BCUT2D eigenvalue weighted by atomic mass is 10.4. The second-order valence-electron chi connectivity index (χ2n) is 2.91. The summed E-state index contributed by atoms with van der Waals surface area (Å²) in [4.78, 5) is 15.8. The predicted molar refractivity (Wildman–Crippen MR) is 59.4 cm³/mol. The number of anilines is 2. The zero-order chi connectivity index (χ0) is 9.97. The lowest BCUT2D eigenvalue weighted by Gasteiger charge is -2.15. The fourth-order valence-electron chi connectivity index (χ4n) is 1.21. The molecule has 0 bridgehead atoms. The molecule has 0 aliphatic heterocycles. The van der Waals surface area contributed by atoms with Gasteiger partial charge >= 0.3 is 0 Å². The topological polar surface area (TPSA) is 36.1 Å². The first-order chi connectivity index (χ1) is 6.77. The van der Waals surface area contributed by atoms with Crippen LogP contribution >= 0.6 is 11.3 Å². The minimum absolute atomic E-state index is 0.0779. The third kappa shape index (κ3) is 1.70. The molecule has 3 nitrogen and oxygen atoms in total. The Bertz CT molecular complexity index is 461. The van der Waals surface area contributed by atoms with E-state index in [9.17, 15) is 4.79 Å². The van der Waals surface area contributed by atoms with Crippen molar-refractivity contribution in [2.75, 3.05) is 11.9 Å². The molecule has 2 aromatic heterocycles. The number of pyridine rings is 1. The minimum Gasteiger partial charge on any atom is -0.323 e. The normalized spacial score (nSPS) is 10.1. The van der Waals surface area contributed by atoms with Crippen LogP contribution in [0.15, 0.2) is 40.5 Å². The van der Waals surface area contributed by atoms with Crippen LogP contribution in [-0.2, 0) is 0 Å². The molecule has 2 rings (SSSR count). The number of nitrogens with zero attached hydrogens (tertiary/aromatic N) is 1. The Morgan fingerprint density at radius 2 is 2.14 bits per heavy atom. The van der Waals surface area contributed by atoms with E-state index in [0.29, 0.717) is 0 Å². The van der Waals surface area contributed by atoms with E-state index in [1.54, 1.807) is 17.4 Å². The Morgan fingerprint density at radius 3 is 2.79 bits per heavy atom. The van der Waals surface area contributed by atoms with Crippen molar-refractivity contribution in [3.63, 3.8) is 0 Å². The molecule has 0 aliphatic rings. The first-order valence-electron chi connectivity index (χ1n) is 4.24. The molecule has 72 valence electrons. The van der Waals surface area contributed by atoms with Gasteiger partial charge in [-0.1, -0.05) is 6.07 Å². The van der Waals surface area contributed by atoms with Crippen molar-refractivity contribution >= 4 is 22.2 Å². The second kappa shape index (κ2) is 3.67. The van der Waals surface area contributed by atoms with Gasteiger partial charge in [-0.2, -0.15) is 0 Å². The van der Waals surface area contributed by atoms with E-state index in [1.807, 2.05) is 35.5 Å². The molecule has 0 atom stereocenters. The molecule has 14 heavy (non-hydrogen) atoms. The van der Waals surface area contributed by atoms with Gasteiger partial charge in [0, 0.05) is 13.1 Å². The lowest BCUT2D eigenvalue weighted by molar-refractivity contribution is 1.11.